The molecule has 0 fully saturated rings. The van der Waals surface area contributed by atoms with E-state index in [2.05, 4.69) is 32.1 Å². The molecule has 7 nitrogen and oxygen atoms in total. The van der Waals surface area contributed by atoms with E-state index in [9.17, 15) is 4.79 Å². The molecular formula is C24H23N5O2. The van der Waals surface area contributed by atoms with Crippen molar-refractivity contribution in [1.82, 2.24) is 19.9 Å². The number of fused-ring (bicyclic) bond motifs is 3. The van der Waals surface area contributed by atoms with Crippen molar-refractivity contribution in [3.8, 4) is 5.88 Å². The molecule has 2 aromatic heterocycles. The lowest BCUT2D eigenvalue weighted by Crippen LogP contribution is -2.35. The van der Waals surface area contributed by atoms with Gasteiger partial charge in [-0.15, -0.1) is 0 Å². The molecule has 2 aliphatic heterocycles. The molecule has 2 aliphatic rings. The van der Waals surface area contributed by atoms with Crippen LogP contribution in [0.15, 0.2) is 72.3 Å². The lowest BCUT2D eigenvalue weighted by atomic mass is 9.95. The Morgan fingerprint density at radius 3 is 2.68 bits per heavy atom. The third-order valence-electron chi connectivity index (χ3n) is 5.08. The summed E-state index contributed by atoms with van der Waals surface area (Å²) < 4.78 is 5.20. The van der Waals surface area contributed by atoms with Crippen LogP contribution in [0.4, 0.5) is 0 Å². The highest BCUT2D eigenvalue weighted by Gasteiger charge is 2.27. The molecule has 0 atom stereocenters. The Hall–Kier alpha value is -3.87. The third-order valence-corrected chi connectivity index (χ3v) is 5.08. The highest BCUT2D eigenvalue weighted by Crippen LogP contribution is 2.30. The number of amides is 1. The average Bonchev–Trinajstić information content (AvgIpc) is 2.99. The second-order valence-electron chi connectivity index (χ2n) is 7.12. The van der Waals surface area contributed by atoms with Gasteiger partial charge in [0.05, 0.1) is 24.2 Å². The summed E-state index contributed by atoms with van der Waals surface area (Å²) in [6.07, 6.45) is 9.62. The maximum atomic E-state index is 12.5. The Kier molecular flexibility index (Phi) is 6.12. The van der Waals surface area contributed by atoms with Crippen molar-refractivity contribution < 1.29 is 9.53 Å². The number of nitrogens with zero attached hydrogens (tertiary/aromatic N) is 5. The molecule has 0 saturated heterocycles. The summed E-state index contributed by atoms with van der Waals surface area (Å²) >= 11 is 0. The number of allylic oxidation sites excluding steroid dienone is 1. The summed E-state index contributed by atoms with van der Waals surface area (Å²) in [6, 6.07) is 11.9. The molecule has 5 rings (SSSR count). The first kappa shape index (κ1) is 20.4. The molecule has 0 saturated carbocycles. The number of aryl methyl sites for hydroxylation is 1. The Balaban J connectivity index is 0.000000282. The van der Waals surface area contributed by atoms with Gasteiger partial charge in [-0.25, -0.2) is 4.98 Å². The number of aliphatic imine (C=N–C) groups is 1. The van der Waals surface area contributed by atoms with E-state index in [0.29, 0.717) is 12.4 Å². The minimum atomic E-state index is 0.0341. The second kappa shape index (κ2) is 9.30. The quantitative estimate of drug-likeness (QED) is 0.645. The van der Waals surface area contributed by atoms with Crippen LogP contribution in [0.1, 0.15) is 22.4 Å². The molecule has 0 unspecified atom stereocenters. The number of ether oxygens (including phenoxy) is 1. The van der Waals surface area contributed by atoms with Crippen LogP contribution in [-0.2, 0) is 11.2 Å². The summed E-state index contributed by atoms with van der Waals surface area (Å²) in [7, 11) is 1.59. The van der Waals surface area contributed by atoms with Crippen LogP contribution >= 0.6 is 0 Å². The summed E-state index contributed by atoms with van der Waals surface area (Å²) in [5.74, 6) is 0.567. The first-order valence-corrected chi connectivity index (χ1v) is 10.0. The number of aromatic nitrogens is 3. The lowest BCUT2D eigenvalue weighted by molar-refractivity contribution is -0.126. The predicted octanol–water partition coefficient (Wildman–Crippen LogP) is 3.10. The molecule has 7 heteroatoms. The molecule has 0 bridgehead atoms. The van der Waals surface area contributed by atoms with Crippen LogP contribution in [0.25, 0.3) is 5.70 Å². The fraction of sp³-hybridized carbons (Fsp3) is 0.208. The van der Waals surface area contributed by atoms with Gasteiger partial charge < -0.3 is 9.64 Å². The van der Waals surface area contributed by atoms with Crippen LogP contribution in [-0.4, -0.2) is 51.7 Å². The first-order valence-electron chi connectivity index (χ1n) is 10.0. The van der Waals surface area contributed by atoms with Gasteiger partial charge in [0.15, 0.2) is 0 Å². The monoisotopic (exact) mass is 413 g/mol. The Morgan fingerprint density at radius 2 is 1.94 bits per heavy atom. The minimum Gasteiger partial charge on any atom is -0.481 e. The van der Waals surface area contributed by atoms with E-state index in [4.69, 9.17) is 4.74 Å². The molecule has 3 aromatic rings. The summed E-state index contributed by atoms with van der Waals surface area (Å²) in [5.41, 5.74) is 5.93. The van der Waals surface area contributed by atoms with Crippen molar-refractivity contribution in [3.63, 3.8) is 0 Å². The number of methoxy groups -OCH3 is 1. The highest BCUT2D eigenvalue weighted by molar-refractivity contribution is 6.15. The highest BCUT2D eigenvalue weighted by atomic mass is 16.5. The number of hydrogen-bond donors (Lipinski definition) is 0. The molecule has 0 radical (unpaired) electrons. The van der Waals surface area contributed by atoms with Gasteiger partial charge in [-0.2, -0.15) is 0 Å². The van der Waals surface area contributed by atoms with Crippen molar-refractivity contribution in [3.05, 3.63) is 89.6 Å². The number of hydrogen-bond acceptors (Lipinski definition) is 6. The Morgan fingerprint density at radius 1 is 1.06 bits per heavy atom. The molecule has 1 amide bonds. The number of rotatable bonds is 2. The number of pyridine rings is 1. The minimum absolute atomic E-state index is 0.0341. The largest absolute Gasteiger partial charge is 0.481 e. The van der Waals surface area contributed by atoms with Gasteiger partial charge in [-0.1, -0.05) is 24.3 Å². The molecule has 0 aliphatic carbocycles. The summed E-state index contributed by atoms with van der Waals surface area (Å²) in [5, 5.41) is 0. The molecule has 0 spiro atoms. The van der Waals surface area contributed by atoms with Gasteiger partial charge in [-0.05, 0) is 31.1 Å². The van der Waals surface area contributed by atoms with E-state index in [1.54, 1.807) is 31.9 Å². The van der Waals surface area contributed by atoms with E-state index in [0.717, 1.165) is 34.7 Å². The van der Waals surface area contributed by atoms with Crippen molar-refractivity contribution in [2.75, 3.05) is 20.2 Å². The van der Waals surface area contributed by atoms with Crippen molar-refractivity contribution in [2.45, 2.75) is 13.3 Å². The Bertz CT molecular complexity index is 1140. The van der Waals surface area contributed by atoms with Gasteiger partial charge in [0, 0.05) is 48.5 Å². The average molecular weight is 413 g/mol. The standard InChI is InChI=1S/C19H17N3O2.C5H6N2/c1-24-18-10-14(6-8-20-18)16-11-17-15-5-3-2-4-13(15)7-9-22(17)19(23)12-21-16;1-5-4-6-2-3-7-5/h2-6,8,10-11H,7,9,12H2,1H3;2-4H,1H3. The van der Waals surface area contributed by atoms with Crippen molar-refractivity contribution in [1.29, 1.82) is 0 Å². The lowest BCUT2D eigenvalue weighted by Gasteiger charge is -2.30. The number of carbonyl (C=O) groups excluding carboxylic acids is 1. The molecule has 156 valence electrons. The summed E-state index contributed by atoms with van der Waals surface area (Å²) in [6.45, 7) is 2.76. The van der Waals surface area contributed by atoms with E-state index in [-0.39, 0.29) is 12.5 Å². The van der Waals surface area contributed by atoms with Gasteiger partial charge >= 0.3 is 0 Å². The fourth-order valence-corrected chi connectivity index (χ4v) is 3.54. The van der Waals surface area contributed by atoms with Crippen LogP contribution in [0.5, 0.6) is 5.88 Å². The number of benzene rings is 1. The normalized spacial score (nSPS) is 14.8. The zero-order valence-electron chi connectivity index (χ0n) is 17.5. The van der Waals surface area contributed by atoms with Crippen LogP contribution < -0.4 is 4.74 Å². The first-order chi connectivity index (χ1) is 15.2. The maximum Gasteiger partial charge on any atom is 0.248 e. The van der Waals surface area contributed by atoms with Crippen LogP contribution in [0.2, 0.25) is 0 Å². The van der Waals surface area contributed by atoms with Gasteiger partial charge in [0.1, 0.15) is 6.54 Å². The predicted molar refractivity (Wildman–Crippen MR) is 119 cm³/mol. The zero-order valence-corrected chi connectivity index (χ0v) is 17.5. The zero-order chi connectivity index (χ0) is 21.6. The maximum absolute atomic E-state index is 12.5. The molecule has 4 heterocycles. The molecule has 1 aromatic carbocycles. The van der Waals surface area contributed by atoms with E-state index in [1.807, 2.05) is 42.2 Å². The van der Waals surface area contributed by atoms with Gasteiger partial charge in [-0.3, -0.25) is 19.8 Å². The SMILES string of the molecule is COc1cc(C2=NCC(=O)N3CCc4ccccc4C3=C2)ccn1.Cc1cnccn1. The van der Waals surface area contributed by atoms with Crippen LogP contribution in [0.3, 0.4) is 0 Å². The second-order valence-corrected chi connectivity index (χ2v) is 7.12. The van der Waals surface area contributed by atoms with Crippen molar-refractivity contribution in [2.24, 2.45) is 4.99 Å². The smallest absolute Gasteiger partial charge is 0.248 e. The topological polar surface area (TPSA) is 80.6 Å². The fourth-order valence-electron chi connectivity index (χ4n) is 3.54. The van der Waals surface area contributed by atoms with Gasteiger partial charge in [0.2, 0.25) is 11.8 Å². The van der Waals surface area contributed by atoms with E-state index >= 15 is 0 Å². The molecule has 0 N–H and O–H groups in total. The van der Waals surface area contributed by atoms with Crippen LogP contribution in [0, 0.1) is 6.92 Å². The third kappa shape index (κ3) is 4.66. The van der Waals surface area contributed by atoms with E-state index in [1.165, 1.54) is 5.56 Å². The van der Waals surface area contributed by atoms with Gasteiger partial charge in [0.25, 0.3) is 0 Å². The molecular weight excluding hydrogens is 390 g/mol. The molecule has 31 heavy (non-hydrogen) atoms. The van der Waals surface area contributed by atoms with E-state index < -0.39 is 0 Å². The summed E-state index contributed by atoms with van der Waals surface area (Å²) in [4.78, 5) is 30.7. The number of carbonyl (C=O) groups is 1. The van der Waals surface area contributed by atoms with Crippen molar-refractivity contribution >= 4 is 17.3 Å². The Labute approximate surface area is 181 Å².